The van der Waals surface area contributed by atoms with Crippen LogP contribution in [0, 0.1) is 0 Å². The van der Waals surface area contributed by atoms with Crippen LogP contribution < -0.4 is 5.73 Å². The molecule has 0 bridgehead atoms. The highest BCUT2D eigenvalue weighted by atomic mass is 14.9. The first-order valence-corrected chi connectivity index (χ1v) is 4.48. The zero-order valence-electron chi connectivity index (χ0n) is 7.72. The monoisotopic (exact) mass is 164 g/mol. The predicted molar refractivity (Wildman–Crippen MR) is 50.0 cm³/mol. The second-order valence-corrected chi connectivity index (χ2v) is 4.38. The van der Waals surface area contributed by atoms with Crippen LogP contribution in [0.5, 0.6) is 0 Å². The summed E-state index contributed by atoms with van der Waals surface area (Å²) in [6, 6.07) is 2.12. The number of H-pyrrole nitrogens is 1. The summed E-state index contributed by atoms with van der Waals surface area (Å²) in [6.45, 7) is 4.45. The highest BCUT2D eigenvalue weighted by molar-refractivity contribution is 5.30. The number of hydrogen-bond donors (Lipinski definition) is 2. The molecule has 1 aliphatic rings. The predicted octanol–water partition coefficient (Wildman–Crippen LogP) is 1.78. The van der Waals surface area contributed by atoms with Crippen molar-refractivity contribution in [2.45, 2.75) is 37.6 Å². The number of nitrogens with two attached hydrogens (primary N) is 1. The topological polar surface area (TPSA) is 41.8 Å². The average molecular weight is 164 g/mol. The van der Waals surface area contributed by atoms with Gasteiger partial charge >= 0.3 is 0 Å². The molecule has 0 radical (unpaired) electrons. The highest BCUT2D eigenvalue weighted by Gasteiger charge is 2.51. The molecule has 0 saturated heterocycles. The zero-order chi connectivity index (χ0) is 8.82. The summed E-state index contributed by atoms with van der Waals surface area (Å²) < 4.78 is 0. The van der Waals surface area contributed by atoms with Gasteiger partial charge in [0.1, 0.15) is 0 Å². The van der Waals surface area contributed by atoms with Gasteiger partial charge in [-0.2, -0.15) is 0 Å². The van der Waals surface area contributed by atoms with E-state index in [0.29, 0.717) is 0 Å². The fraction of sp³-hybridized carbons (Fsp3) is 0.600. The number of nitrogens with one attached hydrogen (secondary N) is 1. The van der Waals surface area contributed by atoms with Crippen LogP contribution in [0.2, 0.25) is 0 Å². The summed E-state index contributed by atoms with van der Waals surface area (Å²) in [5, 5.41) is 0. The van der Waals surface area contributed by atoms with Crippen LogP contribution in [0.25, 0.3) is 0 Å². The van der Waals surface area contributed by atoms with Crippen molar-refractivity contribution >= 4 is 0 Å². The van der Waals surface area contributed by atoms with Crippen LogP contribution in [0.15, 0.2) is 18.5 Å². The van der Waals surface area contributed by atoms with Crippen LogP contribution in [-0.2, 0) is 5.41 Å². The van der Waals surface area contributed by atoms with E-state index in [1.165, 1.54) is 5.56 Å². The van der Waals surface area contributed by atoms with Gasteiger partial charge in [-0.3, -0.25) is 0 Å². The van der Waals surface area contributed by atoms with Gasteiger partial charge in [-0.1, -0.05) is 13.8 Å². The lowest BCUT2D eigenvalue weighted by molar-refractivity contribution is 0.391. The van der Waals surface area contributed by atoms with Gasteiger partial charge in [0.05, 0.1) is 0 Å². The van der Waals surface area contributed by atoms with E-state index in [0.717, 1.165) is 12.8 Å². The second-order valence-electron chi connectivity index (χ2n) is 4.38. The van der Waals surface area contributed by atoms with Crippen molar-refractivity contribution in [3.63, 3.8) is 0 Å². The zero-order valence-corrected chi connectivity index (χ0v) is 7.72. The standard InChI is InChI=1S/C10H16N2/c1-9(2,10(11)4-5-10)8-3-6-12-7-8/h3,6-7,12H,4-5,11H2,1-2H3. The van der Waals surface area contributed by atoms with E-state index < -0.39 is 0 Å². The molecule has 0 amide bonds. The Hall–Kier alpha value is -0.760. The van der Waals surface area contributed by atoms with Crippen molar-refractivity contribution in [3.8, 4) is 0 Å². The lowest BCUT2D eigenvalue weighted by Crippen LogP contribution is -2.43. The van der Waals surface area contributed by atoms with E-state index in [1.54, 1.807) is 0 Å². The van der Waals surface area contributed by atoms with Crippen LogP contribution >= 0.6 is 0 Å². The van der Waals surface area contributed by atoms with E-state index >= 15 is 0 Å². The van der Waals surface area contributed by atoms with Crippen LogP contribution in [0.4, 0.5) is 0 Å². The normalized spacial score (nSPS) is 20.9. The van der Waals surface area contributed by atoms with E-state index in [4.69, 9.17) is 5.73 Å². The van der Waals surface area contributed by atoms with Crippen molar-refractivity contribution in [2.75, 3.05) is 0 Å². The molecule has 1 aliphatic carbocycles. The Bertz CT molecular complexity index is 268. The number of aromatic amines is 1. The highest BCUT2D eigenvalue weighted by Crippen LogP contribution is 2.48. The molecule has 1 fully saturated rings. The molecule has 2 heteroatoms. The minimum Gasteiger partial charge on any atom is -0.367 e. The van der Waals surface area contributed by atoms with Crippen LogP contribution in [0.3, 0.4) is 0 Å². The molecule has 0 unspecified atom stereocenters. The van der Waals surface area contributed by atoms with E-state index in [9.17, 15) is 0 Å². The van der Waals surface area contributed by atoms with Crippen LogP contribution in [-0.4, -0.2) is 10.5 Å². The molecule has 1 saturated carbocycles. The molecule has 66 valence electrons. The van der Waals surface area contributed by atoms with Crippen molar-refractivity contribution in [1.82, 2.24) is 4.98 Å². The summed E-state index contributed by atoms with van der Waals surface area (Å²) in [4.78, 5) is 3.08. The first kappa shape index (κ1) is 7.87. The Kier molecular flexibility index (Phi) is 1.40. The molecule has 0 aliphatic heterocycles. The molecule has 1 aromatic rings. The average Bonchev–Trinajstić information content (AvgIpc) is 2.59. The van der Waals surface area contributed by atoms with Gasteiger partial charge < -0.3 is 10.7 Å². The summed E-state index contributed by atoms with van der Waals surface area (Å²) in [5.41, 5.74) is 7.69. The second kappa shape index (κ2) is 2.13. The van der Waals surface area contributed by atoms with Gasteiger partial charge in [-0.05, 0) is 24.5 Å². The maximum Gasteiger partial charge on any atom is 0.0248 e. The van der Waals surface area contributed by atoms with Crippen LogP contribution in [0.1, 0.15) is 32.3 Å². The molecule has 0 aromatic carbocycles. The number of rotatable bonds is 2. The molecule has 0 atom stereocenters. The van der Waals surface area contributed by atoms with Crippen molar-refractivity contribution in [3.05, 3.63) is 24.0 Å². The fourth-order valence-corrected chi connectivity index (χ4v) is 1.76. The molecule has 1 aromatic heterocycles. The molecule has 3 N–H and O–H groups in total. The smallest absolute Gasteiger partial charge is 0.0248 e. The van der Waals surface area contributed by atoms with Gasteiger partial charge in [0.25, 0.3) is 0 Å². The summed E-state index contributed by atoms with van der Waals surface area (Å²) in [7, 11) is 0. The fourth-order valence-electron chi connectivity index (χ4n) is 1.76. The third-order valence-electron chi connectivity index (χ3n) is 3.35. The van der Waals surface area contributed by atoms with Gasteiger partial charge in [0, 0.05) is 23.3 Å². The van der Waals surface area contributed by atoms with Gasteiger partial charge in [0.2, 0.25) is 0 Å². The summed E-state index contributed by atoms with van der Waals surface area (Å²) >= 11 is 0. The van der Waals surface area contributed by atoms with E-state index in [1.807, 2.05) is 12.4 Å². The SMILES string of the molecule is CC(C)(c1cc[nH]c1)C1(N)CC1. The maximum atomic E-state index is 6.20. The largest absolute Gasteiger partial charge is 0.367 e. The first-order valence-electron chi connectivity index (χ1n) is 4.48. The Morgan fingerprint density at radius 2 is 2.17 bits per heavy atom. The van der Waals surface area contributed by atoms with Gasteiger partial charge in [-0.15, -0.1) is 0 Å². The molecular weight excluding hydrogens is 148 g/mol. The minimum absolute atomic E-state index is 0.0508. The molecular formula is C10H16N2. The molecule has 12 heavy (non-hydrogen) atoms. The molecule has 1 heterocycles. The number of aromatic nitrogens is 1. The molecule has 2 rings (SSSR count). The Morgan fingerprint density at radius 3 is 2.58 bits per heavy atom. The Balaban J connectivity index is 2.33. The van der Waals surface area contributed by atoms with Gasteiger partial charge in [-0.25, -0.2) is 0 Å². The third kappa shape index (κ3) is 0.911. The lowest BCUT2D eigenvalue weighted by atomic mass is 9.77. The Labute approximate surface area is 73.2 Å². The summed E-state index contributed by atoms with van der Waals surface area (Å²) in [6.07, 6.45) is 6.33. The van der Waals surface area contributed by atoms with Crippen molar-refractivity contribution < 1.29 is 0 Å². The first-order chi connectivity index (χ1) is 5.56. The quantitative estimate of drug-likeness (QED) is 0.687. The molecule has 0 spiro atoms. The van der Waals surface area contributed by atoms with E-state index in [2.05, 4.69) is 24.9 Å². The van der Waals surface area contributed by atoms with Crippen molar-refractivity contribution in [1.29, 1.82) is 0 Å². The molecule has 2 nitrogen and oxygen atoms in total. The third-order valence-corrected chi connectivity index (χ3v) is 3.35. The maximum absolute atomic E-state index is 6.20. The lowest BCUT2D eigenvalue weighted by Gasteiger charge is -2.31. The summed E-state index contributed by atoms with van der Waals surface area (Å²) in [5.74, 6) is 0. The minimum atomic E-state index is 0.0508. The van der Waals surface area contributed by atoms with Crippen molar-refractivity contribution in [2.24, 2.45) is 5.73 Å². The van der Waals surface area contributed by atoms with Gasteiger partial charge in [0.15, 0.2) is 0 Å². The Morgan fingerprint density at radius 1 is 1.50 bits per heavy atom. The van der Waals surface area contributed by atoms with E-state index in [-0.39, 0.29) is 11.0 Å². The number of hydrogen-bond acceptors (Lipinski definition) is 1.